The molecular weight excluding hydrogens is 314 g/mol. The molecule has 1 heterocycles. The van der Waals surface area contributed by atoms with Crippen LogP contribution in [0.3, 0.4) is 0 Å². The van der Waals surface area contributed by atoms with Crippen LogP contribution in [0, 0.1) is 5.82 Å². The third kappa shape index (κ3) is 3.03. The Labute approximate surface area is 128 Å². The highest BCUT2D eigenvalue weighted by Gasteiger charge is 2.31. The molecule has 0 bridgehead atoms. The van der Waals surface area contributed by atoms with Gasteiger partial charge in [-0.25, -0.2) is 4.39 Å². The molecule has 0 radical (unpaired) electrons. The van der Waals surface area contributed by atoms with E-state index in [9.17, 15) is 22.4 Å². The minimum absolute atomic E-state index is 0.0387. The lowest BCUT2D eigenvalue weighted by Gasteiger charge is -2.10. The molecule has 0 fully saturated rings. The van der Waals surface area contributed by atoms with Crippen molar-refractivity contribution in [1.29, 1.82) is 0 Å². The predicted octanol–water partition coefficient (Wildman–Crippen LogP) is 3.97. The van der Waals surface area contributed by atoms with E-state index in [0.717, 1.165) is 30.5 Å². The van der Waals surface area contributed by atoms with Gasteiger partial charge in [-0.1, -0.05) is 12.1 Å². The van der Waals surface area contributed by atoms with Crippen LogP contribution in [0.1, 0.15) is 21.5 Å². The fourth-order valence-electron chi connectivity index (χ4n) is 2.13. The third-order valence-electron chi connectivity index (χ3n) is 3.24. The number of rotatable bonds is 1. The Hall–Kier alpha value is -2.83. The standard InChI is InChI=1S/C16H9F4NO2/c17-11-4-5-14-12(7-11)15(22)21-13(8-23-14)9-2-1-3-10(6-9)16(18,19)20/h1-8H,(H,21,22). The van der Waals surface area contributed by atoms with Gasteiger partial charge >= 0.3 is 6.18 Å². The topological polar surface area (TPSA) is 38.3 Å². The molecule has 118 valence electrons. The number of amides is 1. The second kappa shape index (κ2) is 5.42. The summed E-state index contributed by atoms with van der Waals surface area (Å²) in [6, 6.07) is 7.84. The summed E-state index contributed by atoms with van der Waals surface area (Å²) in [6.07, 6.45) is -3.38. The normalized spacial score (nSPS) is 14.3. The maximum absolute atomic E-state index is 13.2. The fourth-order valence-corrected chi connectivity index (χ4v) is 2.13. The van der Waals surface area contributed by atoms with E-state index in [1.54, 1.807) is 0 Å². The molecule has 7 heteroatoms. The highest BCUT2D eigenvalue weighted by molar-refractivity contribution is 6.02. The van der Waals surface area contributed by atoms with Gasteiger partial charge in [0.05, 0.1) is 16.8 Å². The maximum atomic E-state index is 13.2. The van der Waals surface area contributed by atoms with Crippen molar-refractivity contribution in [2.24, 2.45) is 0 Å². The lowest BCUT2D eigenvalue weighted by Crippen LogP contribution is -2.21. The van der Waals surface area contributed by atoms with Gasteiger partial charge in [0.15, 0.2) is 0 Å². The number of carbonyl (C=O) groups excluding carboxylic acids is 1. The van der Waals surface area contributed by atoms with Crippen molar-refractivity contribution in [3.8, 4) is 5.75 Å². The number of benzene rings is 2. The Bertz CT molecular complexity index is 812. The van der Waals surface area contributed by atoms with Crippen molar-refractivity contribution in [2.45, 2.75) is 6.18 Å². The molecule has 2 aromatic carbocycles. The second-order valence-corrected chi connectivity index (χ2v) is 4.82. The SMILES string of the molecule is O=C1NC(c2cccc(C(F)(F)F)c2)=COc2ccc(F)cc21. The Kier molecular flexibility index (Phi) is 3.55. The van der Waals surface area contributed by atoms with Crippen LogP contribution in [-0.2, 0) is 6.18 Å². The van der Waals surface area contributed by atoms with Gasteiger partial charge in [0.25, 0.3) is 5.91 Å². The van der Waals surface area contributed by atoms with Gasteiger partial charge in [-0.05, 0) is 30.3 Å². The molecule has 0 unspecified atom stereocenters. The summed E-state index contributed by atoms with van der Waals surface area (Å²) in [4.78, 5) is 12.1. The number of halogens is 4. The fraction of sp³-hybridized carbons (Fsp3) is 0.0625. The summed E-state index contributed by atoms with van der Waals surface area (Å²) >= 11 is 0. The van der Waals surface area contributed by atoms with Gasteiger partial charge < -0.3 is 10.1 Å². The summed E-state index contributed by atoms with van der Waals surface area (Å²) in [5.74, 6) is -1.17. The maximum Gasteiger partial charge on any atom is 0.416 e. The molecular formula is C16H9F4NO2. The number of ether oxygens (including phenoxy) is 1. The molecule has 1 aliphatic rings. The molecule has 0 aliphatic carbocycles. The van der Waals surface area contributed by atoms with Crippen molar-refractivity contribution in [3.63, 3.8) is 0 Å². The number of carbonyl (C=O) groups is 1. The quantitative estimate of drug-likeness (QED) is 0.807. The van der Waals surface area contributed by atoms with E-state index in [0.29, 0.717) is 0 Å². The summed E-state index contributed by atoms with van der Waals surface area (Å²) in [7, 11) is 0. The van der Waals surface area contributed by atoms with E-state index < -0.39 is 23.5 Å². The summed E-state index contributed by atoms with van der Waals surface area (Å²) in [6.45, 7) is 0. The number of nitrogens with one attached hydrogen (secondary N) is 1. The molecule has 0 spiro atoms. The van der Waals surface area contributed by atoms with Crippen molar-refractivity contribution < 1.29 is 27.1 Å². The van der Waals surface area contributed by atoms with Crippen LogP contribution < -0.4 is 10.1 Å². The minimum Gasteiger partial charge on any atom is -0.462 e. The summed E-state index contributed by atoms with van der Waals surface area (Å²) in [5.41, 5.74) is -0.708. The van der Waals surface area contributed by atoms with Gasteiger partial charge in [-0.15, -0.1) is 0 Å². The van der Waals surface area contributed by atoms with Crippen molar-refractivity contribution in [3.05, 3.63) is 71.2 Å². The van der Waals surface area contributed by atoms with Gasteiger partial charge in [0, 0.05) is 5.56 Å². The molecule has 1 amide bonds. The van der Waals surface area contributed by atoms with Crippen LogP contribution in [0.25, 0.3) is 5.70 Å². The van der Waals surface area contributed by atoms with E-state index in [-0.39, 0.29) is 22.6 Å². The molecule has 1 N–H and O–H groups in total. The molecule has 23 heavy (non-hydrogen) atoms. The highest BCUT2D eigenvalue weighted by Crippen LogP contribution is 2.31. The van der Waals surface area contributed by atoms with E-state index in [4.69, 9.17) is 4.74 Å². The molecule has 0 saturated heterocycles. The van der Waals surface area contributed by atoms with Crippen LogP contribution in [0.5, 0.6) is 5.75 Å². The van der Waals surface area contributed by atoms with Crippen LogP contribution in [0.15, 0.2) is 48.7 Å². The Morgan fingerprint density at radius 2 is 1.83 bits per heavy atom. The minimum atomic E-state index is -4.50. The average molecular weight is 323 g/mol. The summed E-state index contributed by atoms with van der Waals surface area (Å²) in [5, 5.41) is 2.42. The Morgan fingerprint density at radius 1 is 1.04 bits per heavy atom. The molecule has 0 aromatic heterocycles. The zero-order valence-electron chi connectivity index (χ0n) is 11.4. The van der Waals surface area contributed by atoms with Crippen molar-refractivity contribution in [2.75, 3.05) is 0 Å². The van der Waals surface area contributed by atoms with E-state index in [1.807, 2.05) is 0 Å². The number of hydrogen-bond donors (Lipinski definition) is 1. The van der Waals surface area contributed by atoms with Gasteiger partial charge in [0.2, 0.25) is 0 Å². The molecule has 2 aromatic rings. The molecule has 1 aliphatic heterocycles. The lowest BCUT2D eigenvalue weighted by atomic mass is 10.1. The predicted molar refractivity (Wildman–Crippen MR) is 73.9 cm³/mol. The highest BCUT2D eigenvalue weighted by atomic mass is 19.4. The zero-order valence-corrected chi connectivity index (χ0v) is 11.4. The van der Waals surface area contributed by atoms with E-state index >= 15 is 0 Å². The number of alkyl halides is 3. The molecule has 3 nitrogen and oxygen atoms in total. The van der Waals surface area contributed by atoms with E-state index in [1.165, 1.54) is 18.2 Å². The van der Waals surface area contributed by atoms with Gasteiger partial charge in [-0.3, -0.25) is 4.79 Å². The zero-order chi connectivity index (χ0) is 16.6. The van der Waals surface area contributed by atoms with Gasteiger partial charge in [-0.2, -0.15) is 13.2 Å². The Balaban J connectivity index is 1.98. The number of fused-ring (bicyclic) bond motifs is 1. The smallest absolute Gasteiger partial charge is 0.416 e. The monoisotopic (exact) mass is 323 g/mol. The van der Waals surface area contributed by atoms with Gasteiger partial charge in [0.1, 0.15) is 17.8 Å². The first-order valence-electron chi connectivity index (χ1n) is 6.50. The first kappa shape index (κ1) is 15.1. The van der Waals surface area contributed by atoms with Crippen molar-refractivity contribution >= 4 is 11.6 Å². The summed E-state index contributed by atoms with van der Waals surface area (Å²) < 4.78 is 56.8. The number of hydrogen-bond acceptors (Lipinski definition) is 2. The largest absolute Gasteiger partial charge is 0.462 e. The molecule has 0 saturated carbocycles. The first-order valence-corrected chi connectivity index (χ1v) is 6.50. The molecule has 3 rings (SSSR count). The van der Waals surface area contributed by atoms with Crippen LogP contribution >= 0.6 is 0 Å². The molecule has 0 atom stereocenters. The Morgan fingerprint density at radius 3 is 2.57 bits per heavy atom. The van der Waals surface area contributed by atoms with Crippen molar-refractivity contribution in [1.82, 2.24) is 5.32 Å². The van der Waals surface area contributed by atoms with E-state index in [2.05, 4.69) is 5.32 Å². The first-order chi connectivity index (χ1) is 10.8. The van der Waals surface area contributed by atoms with Crippen LogP contribution in [0.4, 0.5) is 17.6 Å². The lowest BCUT2D eigenvalue weighted by molar-refractivity contribution is -0.137. The average Bonchev–Trinajstić information content (AvgIpc) is 2.66. The van der Waals surface area contributed by atoms with Crippen LogP contribution in [-0.4, -0.2) is 5.91 Å². The third-order valence-corrected chi connectivity index (χ3v) is 3.24. The second-order valence-electron chi connectivity index (χ2n) is 4.82. The van der Waals surface area contributed by atoms with Crippen LogP contribution in [0.2, 0.25) is 0 Å².